The van der Waals surface area contributed by atoms with Gasteiger partial charge in [-0.25, -0.2) is 0 Å². The van der Waals surface area contributed by atoms with Crippen molar-refractivity contribution in [2.45, 2.75) is 25.1 Å². The molecule has 3 N–H and O–H groups in total. The van der Waals surface area contributed by atoms with Gasteiger partial charge in [-0.15, -0.1) is 0 Å². The van der Waals surface area contributed by atoms with Gasteiger partial charge >= 0.3 is 6.18 Å². The number of para-hydroxylation sites is 1. The molecule has 1 amide bonds. The number of carbonyl (C=O) groups excluding carboxylic acids is 1. The van der Waals surface area contributed by atoms with Crippen LogP contribution in [0.4, 0.5) is 18.9 Å². The second-order valence-corrected chi connectivity index (χ2v) is 5.05. The molecule has 7 heteroatoms. The Morgan fingerprint density at radius 1 is 1.29 bits per heavy atom. The lowest BCUT2D eigenvalue weighted by Gasteiger charge is -2.33. The summed E-state index contributed by atoms with van der Waals surface area (Å²) < 4.78 is 38.7. The number of alkyl halides is 3. The van der Waals surface area contributed by atoms with Gasteiger partial charge in [-0.3, -0.25) is 4.79 Å². The third-order valence-electron chi connectivity index (χ3n) is 3.61. The molecule has 116 valence electrons. The maximum atomic E-state index is 12.9. The SMILES string of the molecule is NCC(=O)N1CCC(Nc2ccccc2C(F)(F)F)CC1. The largest absolute Gasteiger partial charge is 0.418 e. The molecule has 0 aromatic heterocycles. The summed E-state index contributed by atoms with van der Waals surface area (Å²) in [5.41, 5.74) is 4.73. The minimum absolute atomic E-state index is 0.0327. The number of hydrogen-bond donors (Lipinski definition) is 2. The normalized spacial score (nSPS) is 16.9. The summed E-state index contributed by atoms with van der Waals surface area (Å²) in [4.78, 5) is 13.1. The Balaban J connectivity index is 2.00. The summed E-state index contributed by atoms with van der Waals surface area (Å²) in [5.74, 6) is -0.121. The van der Waals surface area contributed by atoms with Crippen LogP contribution in [0.25, 0.3) is 0 Å². The molecule has 0 unspecified atom stereocenters. The molecule has 1 aliphatic rings. The second-order valence-electron chi connectivity index (χ2n) is 5.05. The van der Waals surface area contributed by atoms with E-state index in [0.717, 1.165) is 6.07 Å². The van der Waals surface area contributed by atoms with Crippen LogP contribution in [0.1, 0.15) is 18.4 Å². The molecule has 2 rings (SSSR count). The number of nitrogens with zero attached hydrogens (tertiary/aromatic N) is 1. The number of nitrogens with two attached hydrogens (primary N) is 1. The molecule has 0 aliphatic carbocycles. The van der Waals surface area contributed by atoms with E-state index < -0.39 is 11.7 Å². The average molecular weight is 301 g/mol. The van der Waals surface area contributed by atoms with E-state index in [1.54, 1.807) is 11.0 Å². The van der Waals surface area contributed by atoms with Crippen LogP contribution < -0.4 is 11.1 Å². The van der Waals surface area contributed by atoms with E-state index in [1.165, 1.54) is 12.1 Å². The van der Waals surface area contributed by atoms with E-state index >= 15 is 0 Å². The van der Waals surface area contributed by atoms with Crippen LogP contribution in [0.5, 0.6) is 0 Å². The fraction of sp³-hybridized carbons (Fsp3) is 0.500. The Kier molecular flexibility index (Phi) is 4.72. The molecule has 1 aromatic carbocycles. The number of carbonyl (C=O) groups is 1. The van der Waals surface area contributed by atoms with Crippen molar-refractivity contribution in [2.24, 2.45) is 5.73 Å². The first-order valence-electron chi connectivity index (χ1n) is 6.82. The Bertz CT molecular complexity index is 496. The third kappa shape index (κ3) is 3.87. The van der Waals surface area contributed by atoms with E-state index in [1.807, 2.05) is 0 Å². The molecule has 0 spiro atoms. The van der Waals surface area contributed by atoms with Gasteiger partial charge in [0, 0.05) is 24.8 Å². The van der Waals surface area contributed by atoms with Crippen LogP contribution in [0, 0.1) is 0 Å². The van der Waals surface area contributed by atoms with Gasteiger partial charge in [0.05, 0.1) is 12.1 Å². The summed E-state index contributed by atoms with van der Waals surface area (Å²) in [6.45, 7) is 0.999. The maximum absolute atomic E-state index is 12.9. The first kappa shape index (κ1) is 15.6. The molecule has 1 fully saturated rings. The quantitative estimate of drug-likeness (QED) is 0.898. The molecule has 1 heterocycles. The van der Waals surface area contributed by atoms with Crippen molar-refractivity contribution < 1.29 is 18.0 Å². The molecule has 21 heavy (non-hydrogen) atoms. The lowest BCUT2D eigenvalue weighted by molar-refractivity contribution is -0.137. The van der Waals surface area contributed by atoms with Crippen molar-refractivity contribution in [1.29, 1.82) is 0 Å². The molecule has 1 aliphatic heterocycles. The van der Waals surface area contributed by atoms with Crippen molar-refractivity contribution in [2.75, 3.05) is 25.0 Å². The Hall–Kier alpha value is -1.76. The maximum Gasteiger partial charge on any atom is 0.418 e. The molecule has 0 radical (unpaired) electrons. The van der Waals surface area contributed by atoms with E-state index in [4.69, 9.17) is 5.73 Å². The van der Waals surface area contributed by atoms with Crippen molar-refractivity contribution >= 4 is 11.6 Å². The van der Waals surface area contributed by atoms with Crippen LogP contribution in [-0.4, -0.2) is 36.5 Å². The number of halogens is 3. The number of amides is 1. The van der Waals surface area contributed by atoms with Crippen LogP contribution >= 0.6 is 0 Å². The van der Waals surface area contributed by atoms with Crippen LogP contribution in [0.3, 0.4) is 0 Å². The average Bonchev–Trinajstić information content (AvgIpc) is 2.47. The number of piperidine rings is 1. The highest BCUT2D eigenvalue weighted by Gasteiger charge is 2.34. The molecule has 0 atom stereocenters. The van der Waals surface area contributed by atoms with Gasteiger partial charge in [0.15, 0.2) is 0 Å². The minimum Gasteiger partial charge on any atom is -0.382 e. The summed E-state index contributed by atoms with van der Waals surface area (Å²) in [5, 5.41) is 2.94. The predicted molar refractivity (Wildman–Crippen MR) is 73.7 cm³/mol. The molecule has 1 saturated heterocycles. The molecule has 0 saturated carbocycles. The fourth-order valence-corrected chi connectivity index (χ4v) is 2.48. The topological polar surface area (TPSA) is 58.4 Å². The van der Waals surface area contributed by atoms with Crippen molar-refractivity contribution in [3.8, 4) is 0 Å². The first-order chi connectivity index (χ1) is 9.91. The van der Waals surface area contributed by atoms with E-state index in [2.05, 4.69) is 5.32 Å². The van der Waals surface area contributed by atoms with E-state index in [9.17, 15) is 18.0 Å². The Morgan fingerprint density at radius 3 is 2.48 bits per heavy atom. The van der Waals surface area contributed by atoms with Crippen LogP contribution in [-0.2, 0) is 11.0 Å². The van der Waals surface area contributed by atoms with E-state index in [-0.39, 0.29) is 24.2 Å². The monoisotopic (exact) mass is 301 g/mol. The minimum atomic E-state index is -4.38. The number of rotatable bonds is 3. The standard InChI is InChI=1S/C14H18F3N3O/c15-14(16,17)11-3-1-2-4-12(11)19-10-5-7-20(8-6-10)13(21)9-18/h1-4,10,19H,5-9,18H2. The van der Waals surface area contributed by atoms with Crippen LogP contribution in [0.15, 0.2) is 24.3 Å². The summed E-state index contributed by atoms with van der Waals surface area (Å²) >= 11 is 0. The van der Waals surface area contributed by atoms with Gasteiger partial charge in [0.2, 0.25) is 5.91 Å². The Labute approximate surface area is 121 Å². The lowest BCUT2D eigenvalue weighted by Crippen LogP contribution is -2.44. The number of likely N-dealkylation sites (tertiary alicyclic amines) is 1. The predicted octanol–water partition coefficient (Wildman–Crippen LogP) is 2.07. The second kappa shape index (κ2) is 6.34. The van der Waals surface area contributed by atoms with Gasteiger partial charge in [0.1, 0.15) is 0 Å². The molecule has 1 aromatic rings. The van der Waals surface area contributed by atoms with Crippen molar-refractivity contribution in [1.82, 2.24) is 4.90 Å². The number of benzene rings is 1. The van der Waals surface area contributed by atoms with Gasteiger partial charge in [-0.05, 0) is 25.0 Å². The third-order valence-corrected chi connectivity index (χ3v) is 3.61. The fourth-order valence-electron chi connectivity index (χ4n) is 2.48. The molecular formula is C14H18F3N3O. The van der Waals surface area contributed by atoms with Gasteiger partial charge in [0.25, 0.3) is 0 Å². The van der Waals surface area contributed by atoms with Gasteiger partial charge in [-0.1, -0.05) is 12.1 Å². The summed E-state index contributed by atoms with van der Waals surface area (Å²) in [6.07, 6.45) is -3.16. The van der Waals surface area contributed by atoms with Crippen LogP contribution in [0.2, 0.25) is 0 Å². The zero-order valence-corrected chi connectivity index (χ0v) is 11.5. The molecular weight excluding hydrogens is 283 g/mol. The number of nitrogens with one attached hydrogen (secondary N) is 1. The summed E-state index contributed by atoms with van der Waals surface area (Å²) in [6, 6.07) is 5.37. The zero-order chi connectivity index (χ0) is 15.5. The van der Waals surface area contributed by atoms with Gasteiger partial charge < -0.3 is 16.0 Å². The van der Waals surface area contributed by atoms with Crippen molar-refractivity contribution in [3.05, 3.63) is 29.8 Å². The van der Waals surface area contributed by atoms with Crippen molar-refractivity contribution in [3.63, 3.8) is 0 Å². The van der Waals surface area contributed by atoms with E-state index in [0.29, 0.717) is 25.9 Å². The smallest absolute Gasteiger partial charge is 0.382 e. The first-order valence-corrected chi connectivity index (χ1v) is 6.82. The lowest BCUT2D eigenvalue weighted by atomic mass is 10.0. The van der Waals surface area contributed by atoms with Gasteiger partial charge in [-0.2, -0.15) is 13.2 Å². The summed E-state index contributed by atoms with van der Waals surface area (Å²) in [7, 11) is 0. The highest BCUT2D eigenvalue weighted by atomic mass is 19.4. The number of hydrogen-bond acceptors (Lipinski definition) is 3. The molecule has 0 bridgehead atoms. The zero-order valence-electron chi connectivity index (χ0n) is 11.5. The highest BCUT2D eigenvalue weighted by molar-refractivity contribution is 5.78. The Morgan fingerprint density at radius 2 is 1.90 bits per heavy atom. The number of anilines is 1. The molecule has 4 nitrogen and oxygen atoms in total. The highest BCUT2D eigenvalue weighted by Crippen LogP contribution is 2.35.